The maximum atomic E-state index is 11.7. The van der Waals surface area contributed by atoms with Crippen LogP contribution in [0.5, 0.6) is 0 Å². The van der Waals surface area contributed by atoms with Gasteiger partial charge in [0.25, 0.3) is 0 Å². The summed E-state index contributed by atoms with van der Waals surface area (Å²) in [6, 6.07) is 0. The molecule has 0 saturated heterocycles. The van der Waals surface area contributed by atoms with Crippen LogP contribution in [0.2, 0.25) is 0 Å². The van der Waals surface area contributed by atoms with Crippen LogP contribution in [0.1, 0.15) is 5.82 Å². The van der Waals surface area contributed by atoms with E-state index in [2.05, 4.69) is 29.4 Å². The zero-order valence-corrected chi connectivity index (χ0v) is 9.25. The van der Waals surface area contributed by atoms with Crippen LogP contribution in [0.25, 0.3) is 0 Å². The van der Waals surface area contributed by atoms with Gasteiger partial charge in [0.2, 0.25) is 22.4 Å². The number of nitrogens with two attached hydrogens (primary N) is 1. The SMILES string of the molecule is Nc1ncc(S(=O)(=O)NCc2ncon2)cn1. The monoisotopic (exact) mass is 256 g/mol. The van der Waals surface area contributed by atoms with Crippen LogP contribution in [-0.2, 0) is 16.6 Å². The predicted molar refractivity (Wildman–Crippen MR) is 54.8 cm³/mol. The van der Waals surface area contributed by atoms with Crippen molar-refractivity contribution in [2.45, 2.75) is 11.4 Å². The molecule has 0 amide bonds. The number of nitrogens with zero attached hydrogens (tertiary/aromatic N) is 4. The third-order valence-electron chi connectivity index (χ3n) is 1.79. The van der Waals surface area contributed by atoms with Gasteiger partial charge >= 0.3 is 0 Å². The van der Waals surface area contributed by atoms with E-state index in [0.717, 1.165) is 18.8 Å². The van der Waals surface area contributed by atoms with Gasteiger partial charge in [-0.1, -0.05) is 5.16 Å². The highest BCUT2D eigenvalue weighted by Gasteiger charge is 2.15. The summed E-state index contributed by atoms with van der Waals surface area (Å²) in [4.78, 5) is 10.8. The van der Waals surface area contributed by atoms with Crippen LogP contribution in [0.4, 0.5) is 5.95 Å². The first-order valence-electron chi connectivity index (χ1n) is 4.40. The predicted octanol–water partition coefficient (Wildman–Crippen LogP) is -1.08. The van der Waals surface area contributed by atoms with Crippen molar-refractivity contribution in [3.05, 3.63) is 24.6 Å². The molecule has 9 nitrogen and oxygen atoms in total. The molecule has 0 aliphatic heterocycles. The van der Waals surface area contributed by atoms with Gasteiger partial charge in [0.1, 0.15) is 4.90 Å². The van der Waals surface area contributed by atoms with E-state index < -0.39 is 10.0 Å². The molecule has 17 heavy (non-hydrogen) atoms. The second-order valence-electron chi connectivity index (χ2n) is 2.95. The first-order chi connectivity index (χ1) is 8.08. The summed E-state index contributed by atoms with van der Waals surface area (Å²) >= 11 is 0. The van der Waals surface area contributed by atoms with Crippen molar-refractivity contribution in [1.29, 1.82) is 0 Å². The maximum Gasteiger partial charge on any atom is 0.244 e. The largest absolute Gasteiger partial charge is 0.368 e. The van der Waals surface area contributed by atoms with Crippen molar-refractivity contribution in [1.82, 2.24) is 24.8 Å². The lowest BCUT2D eigenvalue weighted by molar-refractivity contribution is 0.409. The number of nitrogen functional groups attached to an aromatic ring is 1. The van der Waals surface area contributed by atoms with Crippen LogP contribution in [0, 0.1) is 0 Å². The lowest BCUT2D eigenvalue weighted by Crippen LogP contribution is -2.24. The van der Waals surface area contributed by atoms with Gasteiger partial charge in [-0.15, -0.1) is 0 Å². The van der Waals surface area contributed by atoms with Crippen LogP contribution in [-0.4, -0.2) is 28.5 Å². The van der Waals surface area contributed by atoms with Gasteiger partial charge in [0.05, 0.1) is 18.9 Å². The second kappa shape index (κ2) is 4.43. The Morgan fingerprint density at radius 1 is 1.29 bits per heavy atom. The minimum Gasteiger partial charge on any atom is -0.368 e. The Kier molecular flexibility index (Phi) is 2.97. The molecule has 2 aromatic heterocycles. The number of anilines is 1. The lowest BCUT2D eigenvalue weighted by atomic mass is 10.6. The quantitative estimate of drug-likeness (QED) is 0.704. The summed E-state index contributed by atoms with van der Waals surface area (Å²) in [7, 11) is -3.71. The molecule has 3 N–H and O–H groups in total. The molecular weight excluding hydrogens is 248 g/mol. The Balaban J connectivity index is 2.11. The van der Waals surface area contributed by atoms with Gasteiger partial charge in [-0.25, -0.2) is 23.1 Å². The Labute approximate surface area is 96.1 Å². The molecule has 0 aromatic carbocycles. The Morgan fingerprint density at radius 3 is 2.59 bits per heavy atom. The van der Waals surface area contributed by atoms with Gasteiger partial charge < -0.3 is 10.3 Å². The molecule has 0 unspecified atom stereocenters. The molecule has 0 bridgehead atoms. The Bertz CT molecular complexity index is 579. The fraction of sp³-hybridized carbons (Fsp3) is 0.143. The number of hydrogen-bond donors (Lipinski definition) is 2. The Hall–Kier alpha value is -2.07. The highest BCUT2D eigenvalue weighted by molar-refractivity contribution is 7.89. The fourth-order valence-corrected chi connectivity index (χ4v) is 1.85. The van der Waals surface area contributed by atoms with Crippen molar-refractivity contribution >= 4 is 16.0 Å². The standard InChI is InChI=1S/C7H8N6O3S/c8-7-9-1-5(2-10-7)17(14,15)12-3-6-11-4-16-13-6/h1-2,4,12H,3H2,(H2,8,9,10). The van der Waals surface area contributed by atoms with Crippen LogP contribution in [0.3, 0.4) is 0 Å². The Morgan fingerprint density at radius 2 is 2.00 bits per heavy atom. The second-order valence-corrected chi connectivity index (χ2v) is 4.72. The number of rotatable bonds is 4. The van der Waals surface area contributed by atoms with Crippen LogP contribution < -0.4 is 10.5 Å². The summed E-state index contributed by atoms with van der Waals surface area (Å²) in [6.07, 6.45) is 3.33. The number of sulfonamides is 1. The summed E-state index contributed by atoms with van der Waals surface area (Å²) in [5, 5.41) is 3.46. The zero-order chi connectivity index (χ0) is 12.3. The molecule has 10 heteroatoms. The summed E-state index contributed by atoms with van der Waals surface area (Å²) < 4.78 is 30.2. The molecule has 2 rings (SSSR count). The van der Waals surface area contributed by atoms with Gasteiger partial charge in [-0.2, -0.15) is 4.98 Å². The number of hydrogen-bond acceptors (Lipinski definition) is 8. The van der Waals surface area contributed by atoms with E-state index in [-0.39, 0.29) is 23.2 Å². The average molecular weight is 256 g/mol. The zero-order valence-electron chi connectivity index (χ0n) is 8.44. The van der Waals surface area contributed by atoms with Gasteiger partial charge in [0, 0.05) is 0 Å². The van der Waals surface area contributed by atoms with E-state index in [0.29, 0.717) is 0 Å². The molecule has 0 aliphatic carbocycles. The fourth-order valence-electron chi connectivity index (χ4n) is 0.978. The first kappa shape index (κ1) is 11.4. The minimum absolute atomic E-state index is 0.00196. The highest BCUT2D eigenvalue weighted by Crippen LogP contribution is 2.06. The van der Waals surface area contributed by atoms with Crippen LogP contribution in [0.15, 0.2) is 28.2 Å². The molecule has 0 aliphatic rings. The van der Waals surface area contributed by atoms with Gasteiger partial charge in [-0.05, 0) is 0 Å². The van der Waals surface area contributed by atoms with Gasteiger partial charge in [-0.3, -0.25) is 0 Å². The van der Waals surface area contributed by atoms with Crippen molar-refractivity contribution in [2.75, 3.05) is 5.73 Å². The van der Waals surface area contributed by atoms with Crippen molar-refractivity contribution in [3.8, 4) is 0 Å². The molecular formula is C7H8N6O3S. The van der Waals surface area contributed by atoms with E-state index in [4.69, 9.17) is 5.73 Å². The van der Waals surface area contributed by atoms with Crippen LogP contribution >= 0.6 is 0 Å². The minimum atomic E-state index is -3.71. The lowest BCUT2D eigenvalue weighted by Gasteiger charge is -2.03. The van der Waals surface area contributed by atoms with E-state index in [1.807, 2.05) is 0 Å². The third-order valence-corrected chi connectivity index (χ3v) is 3.14. The average Bonchev–Trinajstić information content (AvgIpc) is 2.80. The van der Waals surface area contributed by atoms with E-state index >= 15 is 0 Å². The normalized spacial score (nSPS) is 11.5. The van der Waals surface area contributed by atoms with Crippen molar-refractivity contribution in [2.24, 2.45) is 0 Å². The summed E-state index contributed by atoms with van der Waals surface area (Å²) in [5.74, 6) is 0.229. The van der Waals surface area contributed by atoms with Crippen molar-refractivity contribution < 1.29 is 12.9 Å². The molecule has 2 aromatic rings. The maximum absolute atomic E-state index is 11.7. The van der Waals surface area contributed by atoms with Gasteiger partial charge in [0.15, 0.2) is 5.82 Å². The third kappa shape index (κ3) is 2.73. The van der Waals surface area contributed by atoms with E-state index in [9.17, 15) is 8.42 Å². The highest BCUT2D eigenvalue weighted by atomic mass is 32.2. The van der Waals surface area contributed by atoms with Crippen molar-refractivity contribution in [3.63, 3.8) is 0 Å². The molecule has 0 atom stereocenters. The van der Waals surface area contributed by atoms with E-state index in [1.54, 1.807) is 0 Å². The molecule has 2 heterocycles. The topological polar surface area (TPSA) is 137 Å². The smallest absolute Gasteiger partial charge is 0.244 e. The van der Waals surface area contributed by atoms with E-state index in [1.165, 1.54) is 0 Å². The molecule has 0 saturated carbocycles. The molecule has 0 fully saturated rings. The summed E-state index contributed by atoms with van der Waals surface area (Å²) in [5.41, 5.74) is 5.25. The molecule has 0 radical (unpaired) electrons. The number of aromatic nitrogens is 4. The summed E-state index contributed by atoms with van der Waals surface area (Å²) in [6.45, 7) is -0.0801. The molecule has 90 valence electrons. The number of nitrogens with one attached hydrogen (secondary N) is 1. The first-order valence-corrected chi connectivity index (χ1v) is 5.89. The molecule has 0 spiro atoms.